The molecule has 2 aromatic heterocycles. The highest BCUT2D eigenvalue weighted by Crippen LogP contribution is 2.48. The number of halogens is 5. The second kappa shape index (κ2) is 40.7. The van der Waals surface area contributed by atoms with Gasteiger partial charge in [-0.05, 0) is 269 Å². The maximum Gasteiger partial charge on any atom is 0.327 e. The van der Waals surface area contributed by atoms with Crippen molar-refractivity contribution in [2.45, 2.75) is 226 Å². The maximum absolute atomic E-state index is 13.1. The van der Waals surface area contributed by atoms with E-state index >= 15 is 0 Å². The molecule has 21 nitrogen and oxygen atoms in total. The number of fused-ring (bicyclic) bond motifs is 7. The van der Waals surface area contributed by atoms with Gasteiger partial charge in [0.25, 0.3) is 0 Å². The zero-order valence-corrected chi connectivity index (χ0v) is 84.8. The quantitative estimate of drug-likeness (QED) is 0.0260. The first-order chi connectivity index (χ1) is 59.8. The normalized spacial score (nSPS) is 20.9. The van der Waals surface area contributed by atoms with Crippen LogP contribution in [0.4, 0.5) is 4.79 Å². The fourth-order valence-electron chi connectivity index (χ4n) is 16.8. The molecule has 1 spiro atoms. The van der Waals surface area contributed by atoms with Gasteiger partial charge in [0.1, 0.15) is 11.6 Å². The van der Waals surface area contributed by atoms with E-state index in [1.807, 2.05) is 199 Å². The van der Waals surface area contributed by atoms with E-state index in [9.17, 15) is 45.9 Å². The Labute approximate surface area is 797 Å². The SMILES string of the molecule is CC(C)(C)[S@@](=O)N[C@]1(CC(=O)O)CCc2cc(Br)ccc21.CC(C)(C)[S@@](=O)N[C@]1(CC(=O)OCC(=O)c2ccccc2)CCc2cc(Br)ccc21.CC(C)(C)[S@@](=O)N[C@]1(Cc2ncc(-c3ccccc3)[nH]2)CCc2cc(Br)ccc21.COC(=O)C[C@@]1(N[S@](=O)C(C)(C)C)CCc2cc(Br)ccc21.O=C1N[C@@]2(CCc3cc(Br)ccc32)Cc2nc(-c3ccccc3)cn21. The van der Waals surface area contributed by atoms with Crippen molar-refractivity contribution in [3.63, 3.8) is 0 Å². The Balaban J connectivity index is 0.000000145. The third-order valence-corrected chi connectivity index (χ3v) is 32.7. The molecule has 16 rings (SSSR count). The van der Waals surface area contributed by atoms with Gasteiger partial charge in [-0.2, -0.15) is 0 Å². The average molecular weight is 2120 g/mol. The van der Waals surface area contributed by atoms with Gasteiger partial charge in [0, 0.05) is 52.5 Å². The predicted molar refractivity (Wildman–Crippen MR) is 523 cm³/mol. The maximum atomic E-state index is 13.1. The molecule has 0 saturated carbocycles. The van der Waals surface area contributed by atoms with E-state index in [0.29, 0.717) is 24.8 Å². The van der Waals surface area contributed by atoms with E-state index in [2.05, 4.69) is 168 Å². The molecule has 7 N–H and O–H groups in total. The number of rotatable bonds is 21. The monoisotopic (exact) mass is 2120 g/mol. The predicted octanol–water partition coefficient (Wildman–Crippen LogP) is 20.3. The number of ether oxygens (including phenoxy) is 2. The van der Waals surface area contributed by atoms with Crippen LogP contribution in [-0.2, 0) is 140 Å². The van der Waals surface area contributed by atoms with Crippen LogP contribution in [0.1, 0.15) is 212 Å². The summed E-state index contributed by atoms with van der Waals surface area (Å²) >= 11 is 17.5. The summed E-state index contributed by atoms with van der Waals surface area (Å²) in [7, 11) is -3.76. The number of nitrogens with one attached hydrogen (secondary N) is 6. The Morgan fingerprint density at radius 2 is 0.835 bits per heavy atom. The first-order valence-electron chi connectivity index (χ1n) is 42.2. The number of nitrogens with zero attached hydrogens (tertiary/aromatic N) is 3. The van der Waals surface area contributed by atoms with Crippen LogP contribution in [0, 0.1) is 0 Å². The zero-order chi connectivity index (χ0) is 92.0. The first-order valence-corrected chi connectivity index (χ1v) is 50.7. The number of benzene rings is 8. The minimum Gasteiger partial charge on any atom is -0.481 e. The molecule has 5 aliphatic carbocycles. The second-order valence-corrected chi connectivity index (χ2v) is 49.4. The highest BCUT2D eigenvalue weighted by molar-refractivity contribution is 9.11. The van der Waals surface area contributed by atoms with Crippen LogP contribution < -0.4 is 24.2 Å². The van der Waals surface area contributed by atoms with Crippen molar-refractivity contribution in [3.05, 3.63) is 290 Å². The second-order valence-electron chi connectivity index (χ2n) is 37.0. The summed E-state index contributed by atoms with van der Waals surface area (Å²) in [5, 5.41) is 12.5. The number of hydrogen-bond donors (Lipinski definition) is 7. The number of esters is 2. The highest BCUT2D eigenvalue weighted by Gasteiger charge is 2.50. The number of carboxylic acids is 1. The number of amides is 1. The minimum absolute atomic E-state index is 0.00548. The lowest BCUT2D eigenvalue weighted by molar-refractivity contribution is -0.144. The first kappa shape index (κ1) is 98.6. The number of ketones is 1. The van der Waals surface area contributed by atoms with Crippen molar-refractivity contribution < 1.29 is 55.4 Å². The summed E-state index contributed by atoms with van der Waals surface area (Å²) in [6, 6.07) is 59.4. The lowest BCUT2D eigenvalue weighted by Crippen LogP contribution is -2.52. The van der Waals surface area contributed by atoms with Crippen LogP contribution in [0.2, 0.25) is 0 Å². The molecule has 10 aromatic rings. The molecule has 0 unspecified atom stereocenters. The third-order valence-electron chi connectivity index (χ3n) is 23.5. The van der Waals surface area contributed by atoms with Crippen molar-refractivity contribution in [1.82, 2.24) is 43.7 Å². The summed E-state index contributed by atoms with van der Waals surface area (Å²) < 4.78 is 79.4. The number of carboxylic acid groups (broad SMARTS) is 1. The number of carbonyl (C=O) groups excluding carboxylic acids is 4. The molecule has 127 heavy (non-hydrogen) atoms. The standard InChI is InChI=1S/C23H26BrN3OS.C23H26BrNO4S.C20H16BrN3O.C16H22BrNO3S.C15H20BrNO3S/c1-22(2,3)29(28)27-23(12-11-17-13-18(24)9-10-19(17)23)14-21-25-15-20(26-21)16-7-5-4-6-8-16;1-22(2,3)30(28)25-23(12-11-17-13-18(24)9-10-19(17)23)14-21(27)29-15-20(26)16-7-5-4-6-8-16;21-15-6-7-16-14(10-15)8-9-20(16)11-18-22-17(12-24(18)19(25)23-20)13-4-2-1-3-5-13;1-15(2,3)22(20)18-16(10-14(19)21-4)8-7-11-9-12(17)5-6-13(11)16;1-14(2,3)21(20)17-15(9-13(18)19)7-6-10-8-11(16)4-5-12(10)15/h4-10,13,15,27H,11-12,14H2,1-3H3,(H,25,26);4-10,13,25H,11-12,14-15H2,1-3H3;1-7,10,12H,8-9,11H2,(H,23,25);5-6,9,18H,7-8,10H2,1-4H3;4-5,8,17H,6-7,9H2,1-3H3,(H,18,19)/t23-,29+;23-,30+;20-;16-,22+;15-,21+/m00000/s1. The fourth-order valence-corrected chi connectivity index (χ4v) is 22.6. The molecule has 8 aromatic carbocycles. The smallest absolute Gasteiger partial charge is 0.327 e. The van der Waals surface area contributed by atoms with Gasteiger partial charge in [-0.15, -0.1) is 0 Å². The van der Waals surface area contributed by atoms with Gasteiger partial charge in [0.15, 0.2) is 12.4 Å². The van der Waals surface area contributed by atoms with Crippen molar-refractivity contribution in [1.29, 1.82) is 0 Å². The highest BCUT2D eigenvalue weighted by atomic mass is 79.9. The molecule has 6 aliphatic rings. The molecule has 1 amide bonds. The number of Topliss-reactive ketones (excluding diaryl/α,β-unsaturated/α-hetero) is 1. The fraction of sp³-hybridized carbons (Fsp3) is 0.392. The van der Waals surface area contributed by atoms with Crippen LogP contribution in [0.5, 0.6) is 0 Å². The Kier molecular flexibility index (Phi) is 31.6. The summed E-state index contributed by atoms with van der Waals surface area (Å²) in [6.07, 6.45) is 13.4. The summed E-state index contributed by atoms with van der Waals surface area (Å²) in [6.45, 7) is 22.7. The number of aromatic nitrogens is 4. The van der Waals surface area contributed by atoms with Crippen LogP contribution in [0.3, 0.4) is 0 Å². The average Bonchev–Trinajstić information content (AvgIpc) is 1.59. The van der Waals surface area contributed by atoms with Crippen molar-refractivity contribution >= 4 is 153 Å². The van der Waals surface area contributed by atoms with Gasteiger partial charge < -0.3 is 24.9 Å². The van der Waals surface area contributed by atoms with E-state index in [1.165, 1.54) is 34.9 Å². The van der Waals surface area contributed by atoms with Crippen LogP contribution >= 0.6 is 79.6 Å². The topological polar surface area (TPSA) is 299 Å². The lowest BCUT2D eigenvalue weighted by Gasteiger charge is -2.35. The number of aliphatic carboxylic acids is 1. The van der Waals surface area contributed by atoms with E-state index in [4.69, 9.17) is 14.5 Å². The molecule has 674 valence electrons. The lowest BCUT2D eigenvalue weighted by atomic mass is 9.87. The summed E-state index contributed by atoms with van der Waals surface area (Å²) in [5.41, 5.74) is 13.0. The number of aromatic amines is 1. The van der Waals surface area contributed by atoms with Gasteiger partial charge >= 0.3 is 23.9 Å². The van der Waals surface area contributed by atoms with Gasteiger partial charge in [0.05, 0.1) is 135 Å². The number of aryl methyl sites for hydroxylation is 5. The van der Waals surface area contributed by atoms with Crippen molar-refractivity contribution in [2.24, 2.45) is 0 Å². The van der Waals surface area contributed by atoms with E-state index in [1.54, 1.807) is 28.8 Å². The molecule has 0 fully saturated rings. The third kappa shape index (κ3) is 23.9. The van der Waals surface area contributed by atoms with Crippen LogP contribution in [0.15, 0.2) is 217 Å². The van der Waals surface area contributed by atoms with Gasteiger partial charge in [0.2, 0.25) is 0 Å². The zero-order valence-electron chi connectivity index (χ0n) is 73.6. The summed E-state index contributed by atoms with van der Waals surface area (Å²) in [4.78, 5) is 73.9. The molecule has 9 atom stereocenters. The number of methoxy groups -OCH3 is 1. The molecular weight excluding hydrogens is 2010 g/mol. The molecule has 0 saturated heterocycles. The Bertz CT molecular complexity index is 5840. The minimum atomic E-state index is -1.37. The Hall–Kier alpha value is -7.43. The number of carbonyl (C=O) groups is 5. The molecule has 3 heterocycles. The van der Waals surface area contributed by atoms with E-state index in [-0.39, 0.29) is 53.9 Å². The van der Waals surface area contributed by atoms with Crippen molar-refractivity contribution in [3.8, 4) is 22.5 Å². The number of imidazole rings is 2. The number of H-pyrrole nitrogens is 1. The van der Waals surface area contributed by atoms with Crippen molar-refractivity contribution in [2.75, 3.05) is 13.7 Å². The Morgan fingerprint density at radius 3 is 1.25 bits per heavy atom. The molecular formula is C97H110Br5N9O12S4. The number of hydrogen-bond acceptors (Lipinski definition) is 13. The largest absolute Gasteiger partial charge is 0.481 e. The Morgan fingerprint density at radius 1 is 0.472 bits per heavy atom. The van der Waals surface area contributed by atoms with Gasteiger partial charge in [-0.3, -0.25) is 23.7 Å². The van der Waals surface area contributed by atoms with E-state index in [0.717, 1.165) is 142 Å². The molecule has 0 bridgehead atoms. The summed E-state index contributed by atoms with van der Waals surface area (Å²) in [5.74, 6) is -0.191. The van der Waals surface area contributed by atoms with Gasteiger partial charge in [-0.1, -0.05) is 201 Å². The van der Waals surface area contributed by atoms with Gasteiger partial charge in [-0.25, -0.2) is 50.5 Å². The van der Waals surface area contributed by atoms with E-state index < -0.39 is 92.3 Å². The molecule has 30 heteroatoms. The molecule has 1 aliphatic heterocycles. The van der Waals surface area contributed by atoms with Crippen LogP contribution in [0.25, 0.3) is 22.5 Å². The molecule has 0 radical (unpaired) electrons. The van der Waals surface area contributed by atoms with Crippen LogP contribution in [-0.4, -0.2) is 104 Å².